The zero-order chi connectivity index (χ0) is 95.8. The van der Waals surface area contributed by atoms with Crippen molar-refractivity contribution in [3.05, 3.63) is 173 Å². The summed E-state index contributed by atoms with van der Waals surface area (Å²) in [5.41, 5.74) is 5.75. The number of methoxy groups -OCH3 is 2. The van der Waals surface area contributed by atoms with Crippen LogP contribution in [-0.2, 0) is 54.1 Å². The van der Waals surface area contributed by atoms with Crippen LogP contribution in [0.1, 0.15) is 139 Å². The van der Waals surface area contributed by atoms with Crippen LogP contribution in [0.5, 0.6) is 17.2 Å². The molecule has 33 nitrogen and oxygen atoms in total. The van der Waals surface area contributed by atoms with E-state index in [9.17, 15) is 100 Å². The van der Waals surface area contributed by atoms with E-state index in [0.29, 0.717) is 43.5 Å². The SMILES string of the molecule is C=C1C=C2C(=CC=C1SC)c1c(cc(O[C@@H]3O[C@H](CO)[C@@H](O)[C@H](O)[C@H]3O)c(OC)c1OC)CCC2CC(C)=O.CNc1ccc(C(=O)CC(O)CC[C@H](C)C2OC(=O)C[C@H](O)CC(=O)CC(O)CC(O)CC(O)CC(O)CC3(O)C[C@H](O)C(C(=O)NCCN(C)C)C(CC(OC4OC(C)C(O)C(NC(=O)CN(C)C)C4O)/C=C/C=C/C=C/C=C\C=C/C=C/C=C/[C@@H]2C)O3)cc1. The second-order valence-electron chi connectivity index (χ2n) is 34.8. The average Bonchev–Trinajstić information content (AvgIpc) is 1.41. The summed E-state index contributed by atoms with van der Waals surface area (Å²) < 4.78 is 47.8. The summed E-state index contributed by atoms with van der Waals surface area (Å²) in [6, 6.07) is 7.46. The number of nitrogens with one attached hydrogen (secondary N) is 3. The molecule has 0 saturated carbocycles. The number of fused-ring (bicyclic) bond motifs is 5. The number of likely N-dealkylation sites (N-methyl/N-ethyl adjacent to an activating group) is 2. The number of thioether (sulfide) groups is 1. The van der Waals surface area contributed by atoms with E-state index in [4.69, 9.17) is 37.9 Å². The number of esters is 1. The molecule has 8 rings (SSSR count). The number of ether oxygens (including phenoxy) is 8. The predicted octanol–water partition coefficient (Wildman–Crippen LogP) is 4.61. The van der Waals surface area contributed by atoms with E-state index in [1.165, 1.54) is 21.1 Å². The number of rotatable bonds is 25. The Morgan fingerprint density at radius 2 is 1.32 bits per heavy atom. The molecule has 0 radical (unpaired) electrons. The first-order valence-corrected chi connectivity index (χ1v) is 45.5. The maximum Gasteiger partial charge on any atom is 0.308 e. The molecule has 3 fully saturated rings. The number of ketones is 3. The fourth-order valence-electron chi connectivity index (χ4n) is 16.7. The summed E-state index contributed by atoms with van der Waals surface area (Å²) in [7, 11) is 11.7. The van der Waals surface area contributed by atoms with Crippen LogP contribution in [0.25, 0.3) is 5.57 Å². The Kier molecular flexibility index (Phi) is 44.8. The van der Waals surface area contributed by atoms with Gasteiger partial charge in [-0.1, -0.05) is 118 Å². The van der Waals surface area contributed by atoms with Gasteiger partial charge in [-0.05, 0) is 164 Å². The minimum atomic E-state index is -2.32. The Hall–Kier alpha value is -8.25. The van der Waals surface area contributed by atoms with Gasteiger partial charge < -0.3 is 140 Å². The Balaban J connectivity index is 0.000000488. The maximum atomic E-state index is 14.0. The summed E-state index contributed by atoms with van der Waals surface area (Å²) in [6.07, 6.45) is 4.73. The molecule has 722 valence electrons. The molecule has 25 atom stereocenters. The summed E-state index contributed by atoms with van der Waals surface area (Å²) >= 11 is 1.59. The molecule has 3 saturated heterocycles. The highest BCUT2D eigenvalue weighted by Crippen LogP contribution is 2.52. The van der Waals surface area contributed by atoms with Gasteiger partial charge in [0.2, 0.25) is 23.9 Å². The third kappa shape index (κ3) is 33.4. The number of Topliss-reactive ketones (excluding diaryl/α,β-unsaturated/α-hetero) is 3. The Labute approximate surface area is 766 Å². The van der Waals surface area contributed by atoms with Gasteiger partial charge in [0.1, 0.15) is 54.3 Å². The third-order valence-electron chi connectivity index (χ3n) is 23.3. The van der Waals surface area contributed by atoms with Crippen molar-refractivity contribution in [2.75, 3.05) is 87.3 Å². The van der Waals surface area contributed by atoms with Crippen LogP contribution in [0.15, 0.2) is 156 Å². The van der Waals surface area contributed by atoms with E-state index in [2.05, 4.69) is 22.5 Å². The zero-order valence-corrected chi connectivity index (χ0v) is 77.3. The lowest BCUT2D eigenvalue weighted by molar-refractivity contribution is -0.307. The number of cyclic esters (lactones) is 1. The quantitative estimate of drug-likeness (QED) is 0.0477. The zero-order valence-electron chi connectivity index (χ0n) is 76.5. The number of allylic oxidation sites excluding steroid dienone is 18. The average molecular weight is 1840 g/mol. The first kappa shape index (κ1) is 109. The molecule has 17 N–H and O–H groups in total. The Morgan fingerprint density at radius 1 is 0.708 bits per heavy atom. The van der Waals surface area contributed by atoms with Crippen LogP contribution >= 0.6 is 11.8 Å². The molecule has 6 aliphatic rings. The van der Waals surface area contributed by atoms with Crippen molar-refractivity contribution in [2.24, 2.45) is 23.7 Å². The molecule has 34 heteroatoms. The topological polar surface area (TPSA) is 502 Å². The number of anilines is 1. The summed E-state index contributed by atoms with van der Waals surface area (Å²) in [4.78, 5) is 83.0. The molecule has 4 heterocycles. The van der Waals surface area contributed by atoms with Gasteiger partial charge in [-0.25, -0.2) is 0 Å². The highest BCUT2D eigenvalue weighted by Gasteiger charge is 2.52. The Morgan fingerprint density at radius 3 is 1.92 bits per heavy atom. The smallest absolute Gasteiger partial charge is 0.308 e. The summed E-state index contributed by atoms with van der Waals surface area (Å²) in [5, 5.41) is 161. The van der Waals surface area contributed by atoms with Crippen LogP contribution in [0, 0.1) is 23.7 Å². The van der Waals surface area contributed by atoms with Crippen molar-refractivity contribution < 1.29 is 138 Å². The van der Waals surface area contributed by atoms with E-state index in [-0.39, 0.29) is 73.2 Å². The van der Waals surface area contributed by atoms with Crippen LogP contribution in [0.3, 0.4) is 0 Å². The molecular weight excluding hydrogens is 1700 g/mol. The van der Waals surface area contributed by atoms with Gasteiger partial charge in [-0.3, -0.25) is 24.0 Å². The van der Waals surface area contributed by atoms with Crippen molar-refractivity contribution in [3.63, 3.8) is 0 Å². The molecular formula is C96H139N5O28S. The first-order valence-electron chi connectivity index (χ1n) is 44.2. The standard InChI is InChI=1S/C67H103N5O19.C29H36O9S/c1-42-21-19-17-15-13-11-9-10-12-14-16-18-20-22-54(89-66-63(85)61(62(84)44(3)88-66)70-58(82)41-72(7)8)38-57-60(65(86)69-29-30-71(5)6)56(81)40-67(87,91-57)39-53(79)35-51(77)33-49(75)31-48(74)32-50(76)34-52(78)37-59(83)90-64(42)43(2)23-28-47(73)36-55(80)45-24-26-46(68-4)27-25-45;1-14-10-19-16(11-15(2)31)6-7-17-12-20(37-29-26(34)25(33)24(32)21(13-30)38-29)27(35-3)28(36-4)23(17)18(19)8-9-22(14)39-5/h9-22,24-27,42-44,47-49,51-54,56-57,60-64,66,68,73-75,77-79,81,84-85,87H,23,28-41H2,1-8H3,(H,69,86)(H,70,82);8-10,12,16,21,24-26,29-30,32-34H,1,6-7,11,13H2,2-5H3/b10-9-,13-11-,14-12+,17-15+,18-16+,21-19+,22-20+;/t42-,43-,44?,47?,48?,49?,51?,52+,53?,54?,56-,57?,60?,61?,62?,63?,64?,66?,67?;16?,21-,24-,25+,26-,29-/m01/s1. The number of carbonyl (C=O) groups excluding carboxylic acids is 6. The lowest BCUT2D eigenvalue weighted by Gasteiger charge is -2.46. The molecule has 16 unspecified atom stereocenters. The highest BCUT2D eigenvalue weighted by molar-refractivity contribution is 8.02. The predicted molar refractivity (Wildman–Crippen MR) is 489 cm³/mol. The van der Waals surface area contributed by atoms with Crippen molar-refractivity contribution in [3.8, 4) is 17.2 Å². The first-order chi connectivity index (χ1) is 61.7. The Bertz CT molecular complexity index is 4330. The number of carbonyl (C=O) groups is 6. The highest BCUT2D eigenvalue weighted by atomic mass is 32.2. The molecule has 0 aromatic heterocycles. The normalized spacial score (nSPS) is 33.0. The van der Waals surface area contributed by atoms with E-state index in [1.54, 1.807) is 154 Å². The molecule has 4 aliphatic heterocycles. The van der Waals surface area contributed by atoms with Crippen molar-refractivity contribution in [2.45, 2.75) is 252 Å². The molecule has 2 aromatic rings. The van der Waals surface area contributed by atoms with Gasteiger partial charge in [-0.15, -0.1) is 11.8 Å². The molecule has 2 aromatic carbocycles. The van der Waals surface area contributed by atoms with Crippen molar-refractivity contribution in [1.29, 1.82) is 0 Å². The van der Waals surface area contributed by atoms with Gasteiger partial charge >= 0.3 is 5.97 Å². The minimum Gasteiger partial charge on any atom is -0.492 e. The lowest BCUT2D eigenvalue weighted by Crippen LogP contribution is -2.64. The molecule has 0 spiro atoms. The van der Waals surface area contributed by atoms with Crippen LogP contribution in [-0.4, -0.2) is 327 Å². The number of hydrogen-bond acceptors (Lipinski definition) is 32. The fraction of sp³-hybridized carbons (Fsp3) is 0.583. The lowest BCUT2D eigenvalue weighted by atomic mass is 9.82. The fourth-order valence-corrected chi connectivity index (χ4v) is 17.2. The molecule has 2 amide bonds. The van der Waals surface area contributed by atoms with Gasteiger partial charge in [0.15, 0.2) is 29.4 Å². The molecule has 2 aliphatic carbocycles. The maximum absolute atomic E-state index is 14.0. The summed E-state index contributed by atoms with van der Waals surface area (Å²) in [5.74, 6) is -6.20. The largest absolute Gasteiger partial charge is 0.492 e. The third-order valence-corrected chi connectivity index (χ3v) is 24.2. The van der Waals surface area contributed by atoms with Crippen molar-refractivity contribution >= 4 is 58.2 Å². The molecule has 130 heavy (non-hydrogen) atoms. The number of nitrogens with zero attached hydrogens (tertiary/aromatic N) is 2. The van der Waals surface area contributed by atoms with E-state index in [0.717, 1.165) is 38.4 Å². The number of benzene rings is 2. The van der Waals surface area contributed by atoms with Crippen LogP contribution in [0.4, 0.5) is 5.69 Å². The minimum absolute atomic E-state index is 0.0435. The second kappa shape index (κ2) is 53.6. The van der Waals surface area contributed by atoms with Crippen molar-refractivity contribution in [1.82, 2.24) is 20.4 Å². The van der Waals surface area contributed by atoms with E-state index >= 15 is 0 Å². The van der Waals surface area contributed by atoms with Gasteiger partial charge in [-0.2, -0.15) is 0 Å². The monoisotopic (exact) mass is 1840 g/mol. The number of amides is 2. The number of aliphatic hydroxyl groups excluding tert-OH is 13. The summed E-state index contributed by atoms with van der Waals surface area (Å²) in [6.45, 7) is 11.1. The number of aryl methyl sites for hydroxylation is 1. The second-order valence-corrected chi connectivity index (χ2v) is 35.6. The number of aliphatic hydroxyl groups is 14. The van der Waals surface area contributed by atoms with Crippen LogP contribution in [0.2, 0.25) is 0 Å². The van der Waals surface area contributed by atoms with Crippen LogP contribution < -0.4 is 30.2 Å². The van der Waals surface area contributed by atoms with Gasteiger partial charge in [0.25, 0.3) is 0 Å². The van der Waals surface area contributed by atoms with Gasteiger partial charge in [0, 0.05) is 92.7 Å². The van der Waals surface area contributed by atoms with Gasteiger partial charge in [0.05, 0.1) is 107 Å². The van der Waals surface area contributed by atoms with E-state index in [1.807, 2.05) is 63.4 Å². The number of hydrogen-bond donors (Lipinski definition) is 17. The van der Waals surface area contributed by atoms with E-state index < -0.39 is 216 Å². The molecule has 2 bridgehead atoms.